The molecule has 1 aliphatic heterocycles. The lowest BCUT2D eigenvalue weighted by molar-refractivity contribution is 0.0904. The van der Waals surface area contributed by atoms with Gasteiger partial charge in [0.2, 0.25) is 0 Å². The van der Waals surface area contributed by atoms with Crippen LogP contribution in [0.3, 0.4) is 0 Å². The minimum Gasteiger partial charge on any atom is -0.486 e. The molecule has 0 saturated carbocycles. The van der Waals surface area contributed by atoms with E-state index in [-0.39, 0.29) is 11.9 Å². The van der Waals surface area contributed by atoms with Crippen molar-refractivity contribution < 1.29 is 19.0 Å². The molecule has 0 aliphatic carbocycles. The Morgan fingerprint density at radius 3 is 2.83 bits per heavy atom. The van der Waals surface area contributed by atoms with Crippen LogP contribution in [0.2, 0.25) is 0 Å². The average Bonchev–Trinajstić information content (AvgIpc) is 2.38. The topological polar surface area (TPSA) is 56.8 Å². The van der Waals surface area contributed by atoms with Crippen molar-refractivity contribution in [1.29, 1.82) is 0 Å². The van der Waals surface area contributed by atoms with Gasteiger partial charge in [0.05, 0.1) is 6.61 Å². The van der Waals surface area contributed by atoms with Crippen LogP contribution in [0.15, 0.2) is 18.2 Å². The Hall–Kier alpha value is -1.75. The van der Waals surface area contributed by atoms with Crippen molar-refractivity contribution in [2.75, 3.05) is 26.9 Å². The average molecular weight is 251 g/mol. The highest BCUT2D eigenvalue weighted by Gasteiger charge is 2.15. The summed E-state index contributed by atoms with van der Waals surface area (Å²) >= 11 is 0. The Morgan fingerprint density at radius 1 is 1.39 bits per heavy atom. The first-order chi connectivity index (χ1) is 8.70. The monoisotopic (exact) mass is 251 g/mol. The van der Waals surface area contributed by atoms with Gasteiger partial charge >= 0.3 is 0 Å². The minimum atomic E-state index is -0.142. The van der Waals surface area contributed by atoms with Gasteiger partial charge in [0.25, 0.3) is 5.91 Å². The zero-order valence-corrected chi connectivity index (χ0v) is 10.6. The number of nitrogens with one attached hydrogen (secondary N) is 1. The summed E-state index contributed by atoms with van der Waals surface area (Å²) in [6.07, 6.45) is 0. The van der Waals surface area contributed by atoms with Gasteiger partial charge in [0.15, 0.2) is 11.5 Å². The lowest BCUT2D eigenvalue weighted by atomic mass is 10.1. The molecule has 0 saturated heterocycles. The molecule has 1 atom stereocenters. The van der Waals surface area contributed by atoms with E-state index in [1.54, 1.807) is 25.3 Å². The van der Waals surface area contributed by atoms with Crippen LogP contribution in [0.4, 0.5) is 0 Å². The standard InChI is InChI=1S/C13H17NO4/c1-9(8-16-2)14-13(15)10-3-4-11-12(7-10)18-6-5-17-11/h3-4,7,9H,5-6,8H2,1-2H3,(H,14,15)/t9-/m1/s1. The second-order valence-corrected chi connectivity index (χ2v) is 4.19. The Balaban J connectivity index is 2.06. The van der Waals surface area contributed by atoms with E-state index in [0.717, 1.165) is 0 Å². The van der Waals surface area contributed by atoms with Crippen LogP contribution in [0.1, 0.15) is 17.3 Å². The number of hydrogen-bond acceptors (Lipinski definition) is 4. The van der Waals surface area contributed by atoms with Crippen LogP contribution in [-0.4, -0.2) is 38.9 Å². The highest BCUT2D eigenvalue weighted by Crippen LogP contribution is 2.30. The number of methoxy groups -OCH3 is 1. The van der Waals surface area contributed by atoms with Gasteiger partial charge in [-0.25, -0.2) is 0 Å². The normalized spacial score (nSPS) is 15.0. The fraction of sp³-hybridized carbons (Fsp3) is 0.462. The van der Waals surface area contributed by atoms with E-state index in [9.17, 15) is 4.79 Å². The predicted octanol–water partition coefficient (Wildman–Crippen LogP) is 1.22. The fourth-order valence-corrected chi connectivity index (χ4v) is 1.78. The van der Waals surface area contributed by atoms with Gasteiger partial charge in [-0.05, 0) is 25.1 Å². The Morgan fingerprint density at radius 2 is 2.11 bits per heavy atom. The fourth-order valence-electron chi connectivity index (χ4n) is 1.78. The zero-order chi connectivity index (χ0) is 13.0. The summed E-state index contributed by atoms with van der Waals surface area (Å²) in [6, 6.07) is 5.14. The SMILES string of the molecule is COC[C@@H](C)NC(=O)c1ccc2c(c1)OCCO2. The van der Waals surface area contributed by atoms with Gasteiger partial charge in [0, 0.05) is 18.7 Å². The quantitative estimate of drug-likeness (QED) is 0.874. The van der Waals surface area contributed by atoms with Crippen LogP contribution in [0.25, 0.3) is 0 Å². The van der Waals surface area contributed by atoms with Gasteiger partial charge in [-0.2, -0.15) is 0 Å². The Bertz CT molecular complexity index is 433. The molecule has 1 amide bonds. The molecule has 1 N–H and O–H groups in total. The van der Waals surface area contributed by atoms with Crippen molar-refractivity contribution in [2.45, 2.75) is 13.0 Å². The molecule has 1 heterocycles. The van der Waals surface area contributed by atoms with Gasteiger partial charge in [-0.1, -0.05) is 0 Å². The third-order valence-electron chi connectivity index (χ3n) is 2.60. The Labute approximate surface area is 106 Å². The third kappa shape index (κ3) is 2.92. The molecule has 0 unspecified atom stereocenters. The number of fused-ring (bicyclic) bond motifs is 1. The molecule has 2 rings (SSSR count). The summed E-state index contributed by atoms with van der Waals surface area (Å²) < 4.78 is 15.8. The highest BCUT2D eigenvalue weighted by atomic mass is 16.6. The third-order valence-corrected chi connectivity index (χ3v) is 2.60. The van der Waals surface area contributed by atoms with Crippen molar-refractivity contribution in [2.24, 2.45) is 0 Å². The Kier molecular flexibility index (Phi) is 4.04. The molecule has 0 fully saturated rings. The maximum absolute atomic E-state index is 12.0. The smallest absolute Gasteiger partial charge is 0.251 e. The number of carbonyl (C=O) groups excluding carboxylic acids is 1. The minimum absolute atomic E-state index is 0.0318. The lowest BCUT2D eigenvalue weighted by Gasteiger charge is -2.19. The molecule has 0 radical (unpaired) electrons. The van der Waals surface area contributed by atoms with Crippen molar-refractivity contribution >= 4 is 5.91 Å². The second kappa shape index (κ2) is 5.73. The number of ether oxygens (including phenoxy) is 3. The first kappa shape index (κ1) is 12.7. The molecular weight excluding hydrogens is 234 g/mol. The molecule has 98 valence electrons. The van der Waals surface area contributed by atoms with Crippen molar-refractivity contribution in [3.8, 4) is 11.5 Å². The summed E-state index contributed by atoms with van der Waals surface area (Å²) in [4.78, 5) is 12.0. The van der Waals surface area contributed by atoms with Crippen molar-refractivity contribution in [3.63, 3.8) is 0 Å². The van der Waals surface area contributed by atoms with Gasteiger partial charge < -0.3 is 19.5 Å². The highest BCUT2D eigenvalue weighted by molar-refractivity contribution is 5.95. The van der Waals surface area contributed by atoms with Crippen LogP contribution in [0.5, 0.6) is 11.5 Å². The molecule has 18 heavy (non-hydrogen) atoms. The molecular formula is C13H17NO4. The summed E-state index contributed by atoms with van der Waals surface area (Å²) in [6.45, 7) is 3.43. The van der Waals surface area contributed by atoms with Gasteiger partial charge in [-0.3, -0.25) is 4.79 Å². The summed E-state index contributed by atoms with van der Waals surface area (Å²) in [5, 5.41) is 2.84. The first-order valence-corrected chi connectivity index (χ1v) is 5.90. The number of amides is 1. The first-order valence-electron chi connectivity index (χ1n) is 5.90. The number of carbonyl (C=O) groups is 1. The van der Waals surface area contributed by atoms with E-state index in [4.69, 9.17) is 14.2 Å². The van der Waals surface area contributed by atoms with Crippen LogP contribution in [0, 0.1) is 0 Å². The predicted molar refractivity (Wildman–Crippen MR) is 66.2 cm³/mol. The van der Waals surface area contributed by atoms with Crippen LogP contribution in [-0.2, 0) is 4.74 Å². The number of rotatable bonds is 4. The maximum Gasteiger partial charge on any atom is 0.251 e. The van der Waals surface area contributed by atoms with Crippen LogP contribution >= 0.6 is 0 Å². The second-order valence-electron chi connectivity index (χ2n) is 4.19. The van der Waals surface area contributed by atoms with Crippen LogP contribution < -0.4 is 14.8 Å². The van der Waals surface area contributed by atoms with E-state index in [0.29, 0.717) is 36.9 Å². The summed E-state index contributed by atoms with van der Waals surface area (Å²) in [5.41, 5.74) is 0.558. The van der Waals surface area contributed by atoms with E-state index in [1.165, 1.54) is 0 Å². The van der Waals surface area contributed by atoms with E-state index in [2.05, 4.69) is 5.32 Å². The molecule has 1 aromatic carbocycles. The van der Waals surface area contributed by atoms with Gasteiger partial charge in [-0.15, -0.1) is 0 Å². The van der Waals surface area contributed by atoms with E-state index >= 15 is 0 Å². The molecule has 1 aromatic rings. The summed E-state index contributed by atoms with van der Waals surface area (Å²) in [5.74, 6) is 1.16. The van der Waals surface area contributed by atoms with E-state index in [1.807, 2.05) is 6.92 Å². The molecule has 5 heteroatoms. The molecule has 0 aromatic heterocycles. The molecule has 0 bridgehead atoms. The number of benzene rings is 1. The lowest BCUT2D eigenvalue weighted by Crippen LogP contribution is -2.35. The molecule has 1 aliphatic rings. The zero-order valence-electron chi connectivity index (χ0n) is 10.6. The number of hydrogen-bond donors (Lipinski definition) is 1. The van der Waals surface area contributed by atoms with Crippen molar-refractivity contribution in [1.82, 2.24) is 5.32 Å². The molecule has 0 spiro atoms. The van der Waals surface area contributed by atoms with Crippen molar-refractivity contribution in [3.05, 3.63) is 23.8 Å². The van der Waals surface area contributed by atoms with Gasteiger partial charge in [0.1, 0.15) is 13.2 Å². The maximum atomic E-state index is 12.0. The summed E-state index contributed by atoms with van der Waals surface area (Å²) in [7, 11) is 1.60. The molecule has 5 nitrogen and oxygen atoms in total. The largest absolute Gasteiger partial charge is 0.486 e. The van der Waals surface area contributed by atoms with E-state index < -0.39 is 0 Å².